The highest BCUT2D eigenvalue weighted by atomic mass is 16.2. The van der Waals surface area contributed by atoms with Gasteiger partial charge in [0.15, 0.2) is 5.82 Å². The number of nitrogens with zero attached hydrogens (tertiary/aromatic N) is 6. The molecule has 0 spiro atoms. The van der Waals surface area contributed by atoms with Crippen molar-refractivity contribution in [3.05, 3.63) is 47.8 Å². The summed E-state index contributed by atoms with van der Waals surface area (Å²) in [5, 5.41) is 8.17. The van der Waals surface area contributed by atoms with Crippen LogP contribution in [0.15, 0.2) is 30.5 Å². The van der Waals surface area contributed by atoms with Gasteiger partial charge < -0.3 is 9.47 Å². The molecule has 0 unspecified atom stereocenters. The molecule has 2 aromatic heterocycles. The van der Waals surface area contributed by atoms with Gasteiger partial charge in [-0.15, -0.1) is 10.2 Å². The van der Waals surface area contributed by atoms with Crippen LogP contribution in [0.2, 0.25) is 0 Å². The first-order valence-corrected chi connectivity index (χ1v) is 7.12. The zero-order valence-electron chi connectivity index (χ0n) is 12.1. The van der Waals surface area contributed by atoms with E-state index >= 15 is 0 Å². The average molecular weight is 294 g/mol. The number of fused-ring (bicyclic) bond motifs is 2. The number of hydrogen-bond acceptors (Lipinski definition) is 5. The van der Waals surface area contributed by atoms with E-state index in [4.69, 9.17) is 0 Å². The Morgan fingerprint density at radius 3 is 2.82 bits per heavy atom. The van der Waals surface area contributed by atoms with Crippen molar-refractivity contribution in [1.29, 1.82) is 0 Å². The maximum Gasteiger partial charge on any atom is 0.274 e. The second-order valence-corrected chi connectivity index (χ2v) is 5.29. The van der Waals surface area contributed by atoms with E-state index in [0.717, 1.165) is 22.7 Å². The third-order valence-electron chi connectivity index (χ3n) is 3.89. The summed E-state index contributed by atoms with van der Waals surface area (Å²) < 4.78 is 2.04. The van der Waals surface area contributed by atoms with Gasteiger partial charge in [-0.2, -0.15) is 0 Å². The summed E-state index contributed by atoms with van der Waals surface area (Å²) in [5.41, 5.74) is 1.88. The number of aryl methyl sites for hydroxylation is 1. The Labute approximate surface area is 126 Å². The fourth-order valence-electron chi connectivity index (χ4n) is 2.70. The molecule has 0 saturated heterocycles. The Kier molecular flexibility index (Phi) is 2.85. The van der Waals surface area contributed by atoms with E-state index in [2.05, 4.69) is 20.2 Å². The minimum atomic E-state index is -0.120. The van der Waals surface area contributed by atoms with E-state index in [1.54, 1.807) is 4.90 Å². The molecule has 0 bridgehead atoms. The molecule has 110 valence electrons. The maximum atomic E-state index is 12.6. The highest BCUT2D eigenvalue weighted by Crippen LogP contribution is 2.15. The second kappa shape index (κ2) is 4.87. The SMILES string of the molecule is Cc1nnc2n1CCN(C(=O)c1cnc3ccccc3n1)C2. The molecule has 0 N–H and O–H groups in total. The summed E-state index contributed by atoms with van der Waals surface area (Å²) in [4.78, 5) is 23.1. The molecule has 1 aliphatic heterocycles. The molecular formula is C15H14N6O. The van der Waals surface area contributed by atoms with Crippen LogP contribution in [0.3, 0.4) is 0 Å². The summed E-state index contributed by atoms with van der Waals surface area (Å²) in [7, 11) is 0. The molecule has 1 amide bonds. The molecule has 0 radical (unpaired) electrons. The van der Waals surface area contributed by atoms with Crippen molar-refractivity contribution in [3.8, 4) is 0 Å². The number of hydrogen-bond donors (Lipinski definition) is 0. The number of rotatable bonds is 1. The van der Waals surface area contributed by atoms with Crippen molar-refractivity contribution in [2.75, 3.05) is 6.54 Å². The molecule has 3 aromatic rings. The van der Waals surface area contributed by atoms with Gasteiger partial charge in [0.05, 0.1) is 23.8 Å². The topological polar surface area (TPSA) is 76.8 Å². The third kappa shape index (κ3) is 2.02. The standard InChI is InChI=1S/C15H14N6O/c1-10-18-19-14-9-20(6-7-21(10)14)15(22)13-8-16-11-4-2-3-5-12(11)17-13/h2-5,8H,6-7,9H2,1H3. The van der Waals surface area contributed by atoms with Crippen LogP contribution >= 0.6 is 0 Å². The highest BCUT2D eigenvalue weighted by molar-refractivity contribution is 5.93. The molecule has 0 fully saturated rings. The van der Waals surface area contributed by atoms with E-state index < -0.39 is 0 Å². The van der Waals surface area contributed by atoms with E-state index in [9.17, 15) is 4.79 Å². The quantitative estimate of drug-likeness (QED) is 0.673. The van der Waals surface area contributed by atoms with Crippen molar-refractivity contribution in [1.82, 2.24) is 29.6 Å². The molecule has 0 atom stereocenters. The molecule has 3 heterocycles. The summed E-state index contributed by atoms with van der Waals surface area (Å²) in [6, 6.07) is 7.52. The first kappa shape index (κ1) is 12.9. The molecule has 1 aromatic carbocycles. The number of para-hydroxylation sites is 2. The van der Waals surface area contributed by atoms with Gasteiger partial charge >= 0.3 is 0 Å². The normalized spacial score (nSPS) is 14.1. The summed E-state index contributed by atoms with van der Waals surface area (Å²) in [5.74, 6) is 1.57. The van der Waals surface area contributed by atoms with Gasteiger partial charge in [0.2, 0.25) is 0 Å². The lowest BCUT2D eigenvalue weighted by atomic mass is 10.2. The van der Waals surface area contributed by atoms with Crippen molar-refractivity contribution in [2.24, 2.45) is 0 Å². The van der Waals surface area contributed by atoms with Crippen LogP contribution in [0, 0.1) is 6.92 Å². The smallest absolute Gasteiger partial charge is 0.274 e. The van der Waals surface area contributed by atoms with Crippen molar-refractivity contribution in [3.63, 3.8) is 0 Å². The first-order valence-electron chi connectivity index (χ1n) is 7.12. The summed E-state index contributed by atoms with van der Waals surface area (Å²) in [6.07, 6.45) is 1.54. The van der Waals surface area contributed by atoms with Crippen LogP contribution in [-0.4, -0.2) is 42.1 Å². The van der Waals surface area contributed by atoms with E-state index in [1.165, 1.54) is 6.20 Å². The Balaban J connectivity index is 1.63. The zero-order chi connectivity index (χ0) is 15.1. The van der Waals surface area contributed by atoms with Crippen molar-refractivity contribution < 1.29 is 4.79 Å². The number of carbonyl (C=O) groups is 1. The minimum Gasteiger partial charge on any atom is -0.328 e. The molecule has 1 aliphatic rings. The Morgan fingerprint density at radius 1 is 1.14 bits per heavy atom. The third-order valence-corrected chi connectivity index (χ3v) is 3.89. The molecule has 7 heteroatoms. The van der Waals surface area contributed by atoms with Gasteiger partial charge in [-0.05, 0) is 19.1 Å². The predicted octanol–water partition coefficient (Wildman–Crippen LogP) is 1.19. The second-order valence-electron chi connectivity index (χ2n) is 5.29. The number of carbonyl (C=O) groups excluding carboxylic acids is 1. The zero-order valence-corrected chi connectivity index (χ0v) is 12.1. The highest BCUT2D eigenvalue weighted by Gasteiger charge is 2.25. The lowest BCUT2D eigenvalue weighted by molar-refractivity contribution is 0.0700. The first-order chi connectivity index (χ1) is 10.7. The lowest BCUT2D eigenvalue weighted by Gasteiger charge is -2.27. The van der Waals surface area contributed by atoms with Gasteiger partial charge in [0.1, 0.15) is 11.5 Å². The van der Waals surface area contributed by atoms with Crippen LogP contribution < -0.4 is 0 Å². The van der Waals surface area contributed by atoms with Gasteiger partial charge in [-0.25, -0.2) is 4.98 Å². The van der Waals surface area contributed by atoms with E-state index in [0.29, 0.717) is 25.3 Å². The van der Waals surface area contributed by atoms with Crippen LogP contribution in [0.4, 0.5) is 0 Å². The van der Waals surface area contributed by atoms with E-state index in [1.807, 2.05) is 35.8 Å². The van der Waals surface area contributed by atoms with Gasteiger partial charge in [-0.3, -0.25) is 9.78 Å². The molecule has 22 heavy (non-hydrogen) atoms. The van der Waals surface area contributed by atoms with Crippen LogP contribution in [-0.2, 0) is 13.1 Å². The largest absolute Gasteiger partial charge is 0.328 e. The fraction of sp³-hybridized carbons (Fsp3) is 0.267. The number of aromatic nitrogens is 5. The Morgan fingerprint density at radius 2 is 1.95 bits per heavy atom. The lowest BCUT2D eigenvalue weighted by Crippen LogP contribution is -2.39. The monoisotopic (exact) mass is 294 g/mol. The molecule has 4 rings (SSSR count). The Bertz CT molecular complexity index is 871. The fourth-order valence-corrected chi connectivity index (χ4v) is 2.70. The summed E-state index contributed by atoms with van der Waals surface area (Å²) >= 11 is 0. The number of benzene rings is 1. The average Bonchev–Trinajstić information content (AvgIpc) is 2.94. The molecule has 0 aliphatic carbocycles. The van der Waals surface area contributed by atoms with Crippen LogP contribution in [0.1, 0.15) is 22.1 Å². The van der Waals surface area contributed by atoms with Gasteiger partial charge in [-0.1, -0.05) is 12.1 Å². The van der Waals surface area contributed by atoms with Crippen molar-refractivity contribution >= 4 is 16.9 Å². The van der Waals surface area contributed by atoms with Crippen LogP contribution in [0.25, 0.3) is 11.0 Å². The molecular weight excluding hydrogens is 280 g/mol. The molecule has 0 saturated carbocycles. The maximum absolute atomic E-state index is 12.6. The minimum absolute atomic E-state index is 0.120. The van der Waals surface area contributed by atoms with Crippen LogP contribution in [0.5, 0.6) is 0 Å². The summed E-state index contributed by atoms with van der Waals surface area (Å²) in [6.45, 7) is 3.71. The van der Waals surface area contributed by atoms with E-state index in [-0.39, 0.29) is 5.91 Å². The van der Waals surface area contributed by atoms with Gasteiger partial charge in [0, 0.05) is 13.1 Å². The Hall–Kier alpha value is -2.83. The predicted molar refractivity (Wildman–Crippen MR) is 79.0 cm³/mol. The van der Waals surface area contributed by atoms with Gasteiger partial charge in [0.25, 0.3) is 5.91 Å². The molecule has 7 nitrogen and oxygen atoms in total. The van der Waals surface area contributed by atoms with Crippen molar-refractivity contribution in [2.45, 2.75) is 20.0 Å². The number of amides is 1.